The second-order valence-corrected chi connectivity index (χ2v) is 4.81. The van der Waals surface area contributed by atoms with Crippen LogP contribution in [0.2, 0.25) is 0 Å². The van der Waals surface area contributed by atoms with Crippen molar-refractivity contribution in [1.82, 2.24) is 5.32 Å². The van der Waals surface area contributed by atoms with Gasteiger partial charge in [-0.05, 0) is 24.6 Å². The highest BCUT2D eigenvalue weighted by Crippen LogP contribution is 2.21. The van der Waals surface area contributed by atoms with Crippen molar-refractivity contribution in [3.05, 3.63) is 24.3 Å². The minimum Gasteiger partial charge on any atom is -0.385 e. The second-order valence-electron chi connectivity index (χ2n) is 4.81. The molecule has 114 valence electrons. The fraction of sp³-hybridized carbons (Fsp3) is 0.429. The molecule has 1 unspecified atom stereocenters. The SMILES string of the molecule is COCCC(N)C(=O)Nc1cccc(N2CCNC2=O)c1. The summed E-state index contributed by atoms with van der Waals surface area (Å²) in [6.45, 7) is 1.67. The van der Waals surface area contributed by atoms with Gasteiger partial charge in [0.05, 0.1) is 6.04 Å². The van der Waals surface area contributed by atoms with Crippen LogP contribution in [0.25, 0.3) is 0 Å². The van der Waals surface area contributed by atoms with Gasteiger partial charge in [0.1, 0.15) is 0 Å². The Hall–Kier alpha value is -2.12. The molecule has 4 N–H and O–H groups in total. The number of urea groups is 1. The number of rotatable bonds is 6. The predicted molar refractivity (Wildman–Crippen MR) is 80.3 cm³/mol. The minimum atomic E-state index is -0.622. The number of hydrogen-bond donors (Lipinski definition) is 3. The molecular weight excluding hydrogens is 272 g/mol. The van der Waals surface area contributed by atoms with Crippen molar-refractivity contribution in [2.45, 2.75) is 12.5 Å². The Bertz CT molecular complexity index is 521. The summed E-state index contributed by atoms with van der Waals surface area (Å²) in [6.07, 6.45) is 0.455. The average molecular weight is 292 g/mol. The van der Waals surface area contributed by atoms with Gasteiger partial charge in [0, 0.05) is 38.2 Å². The zero-order valence-electron chi connectivity index (χ0n) is 12.0. The molecule has 1 aliphatic rings. The van der Waals surface area contributed by atoms with Crippen LogP contribution in [0.15, 0.2) is 24.3 Å². The normalized spacial score (nSPS) is 15.7. The van der Waals surface area contributed by atoms with Crippen molar-refractivity contribution in [2.75, 3.05) is 37.0 Å². The Balaban J connectivity index is 2.01. The second kappa shape index (κ2) is 7.05. The average Bonchev–Trinajstić information content (AvgIpc) is 2.91. The van der Waals surface area contributed by atoms with Gasteiger partial charge in [-0.25, -0.2) is 4.79 Å². The van der Waals surface area contributed by atoms with Crippen molar-refractivity contribution in [2.24, 2.45) is 5.73 Å². The number of hydrogen-bond acceptors (Lipinski definition) is 4. The standard InChI is InChI=1S/C14H20N4O3/c1-21-8-5-12(15)13(19)17-10-3-2-4-11(9-10)18-7-6-16-14(18)20/h2-4,9,12H,5-8,15H2,1H3,(H,16,20)(H,17,19). The van der Waals surface area contributed by atoms with Gasteiger partial charge in [0.15, 0.2) is 0 Å². The molecule has 1 heterocycles. The van der Waals surface area contributed by atoms with Gasteiger partial charge in [-0.2, -0.15) is 0 Å². The highest BCUT2D eigenvalue weighted by Gasteiger charge is 2.21. The third-order valence-corrected chi connectivity index (χ3v) is 3.25. The summed E-state index contributed by atoms with van der Waals surface area (Å²) in [6, 6.07) is 6.38. The van der Waals surface area contributed by atoms with E-state index in [1.54, 1.807) is 30.2 Å². The fourth-order valence-electron chi connectivity index (χ4n) is 2.08. The zero-order valence-corrected chi connectivity index (χ0v) is 12.0. The molecule has 21 heavy (non-hydrogen) atoms. The number of benzene rings is 1. The van der Waals surface area contributed by atoms with E-state index in [0.717, 1.165) is 5.69 Å². The Morgan fingerprint density at radius 3 is 3.05 bits per heavy atom. The maximum absolute atomic E-state index is 11.9. The first-order chi connectivity index (χ1) is 10.1. The molecular formula is C14H20N4O3. The first-order valence-corrected chi connectivity index (χ1v) is 6.82. The highest BCUT2D eigenvalue weighted by atomic mass is 16.5. The van der Waals surface area contributed by atoms with Gasteiger partial charge in [-0.3, -0.25) is 9.69 Å². The fourth-order valence-corrected chi connectivity index (χ4v) is 2.08. The predicted octanol–water partition coefficient (Wildman–Crippen LogP) is 0.518. The Kier molecular flexibility index (Phi) is 5.13. The van der Waals surface area contributed by atoms with Crippen molar-refractivity contribution in [3.63, 3.8) is 0 Å². The Labute approximate surface area is 123 Å². The number of nitrogens with zero attached hydrogens (tertiary/aromatic N) is 1. The molecule has 1 aliphatic heterocycles. The molecule has 2 rings (SSSR count). The van der Waals surface area contributed by atoms with Crippen molar-refractivity contribution < 1.29 is 14.3 Å². The number of anilines is 2. The van der Waals surface area contributed by atoms with Gasteiger partial charge < -0.3 is 21.1 Å². The molecule has 0 radical (unpaired) electrons. The van der Waals surface area contributed by atoms with Crippen LogP contribution in [0.3, 0.4) is 0 Å². The first kappa shape index (κ1) is 15.3. The molecule has 0 spiro atoms. The third kappa shape index (κ3) is 3.93. The van der Waals surface area contributed by atoms with E-state index in [4.69, 9.17) is 10.5 Å². The lowest BCUT2D eigenvalue weighted by molar-refractivity contribution is -0.117. The van der Waals surface area contributed by atoms with Gasteiger partial charge in [0.2, 0.25) is 5.91 Å². The van der Waals surface area contributed by atoms with E-state index >= 15 is 0 Å². The van der Waals surface area contributed by atoms with Gasteiger partial charge in [-0.1, -0.05) is 6.07 Å². The van der Waals surface area contributed by atoms with Crippen LogP contribution in [-0.4, -0.2) is 44.8 Å². The molecule has 0 aliphatic carbocycles. The molecule has 1 aromatic carbocycles. The summed E-state index contributed by atoms with van der Waals surface area (Å²) >= 11 is 0. The molecule has 0 saturated carbocycles. The van der Waals surface area contributed by atoms with E-state index in [9.17, 15) is 9.59 Å². The Morgan fingerprint density at radius 2 is 2.38 bits per heavy atom. The quantitative estimate of drug-likeness (QED) is 0.712. The molecule has 7 nitrogen and oxygen atoms in total. The van der Waals surface area contributed by atoms with E-state index < -0.39 is 6.04 Å². The monoisotopic (exact) mass is 292 g/mol. The Morgan fingerprint density at radius 1 is 1.57 bits per heavy atom. The number of methoxy groups -OCH3 is 1. The number of nitrogens with two attached hydrogens (primary N) is 1. The van der Waals surface area contributed by atoms with Crippen LogP contribution in [0.4, 0.5) is 16.2 Å². The van der Waals surface area contributed by atoms with E-state index in [1.165, 1.54) is 0 Å². The van der Waals surface area contributed by atoms with Crippen LogP contribution in [0.5, 0.6) is 0 Å². The zero-order chi connectivity index (χ0) is 15.2. The summed E-state index contributed by atoms with van der Waals surface area (Å²) < 4.78 is 4.90. The molecule has 0 bridgehead atoms. The maximum Gasteiger partial charge on any atom is 0.321 e. The van der Waals surface area contributed by atoms with Crippen molar-refractivity contribution in [1.29, 1.82) is 0 Å². The molecule has 1 saturated heterocycles. The van der Waals surface area contributed by atoms with Gasteiger partial charge >= 0.3 is 6.03 Å². The van der Waals surface area contributed by atoms with E-state index in [0.29, 0.717) is 31.8 Å². The third-order valence-electron chi connectivity index (χ3n) is 3.25. The lowest BCUT2D eigenvalue weighted by atomic mass is 10.2. The summed E-state index contributed by atoms with van der Waals surface area (Å²) in [5, 5.41) is 5.49. The van der Waals surface area contributed by atoms with Crippen LogP contribution >= 0.6 is 0 Å². The van der Waals surface area contributed by atoms with Gasteiger partial charge in [-0.15, -0.1) is 0 Å². The van der Waals surface area contributed by atoms with E-state index in [-0.39, 0.29) is 11.9 Å². The lowest BCUT2D eigenvalue weighted by Crippen LogP contribution is -2.36. The summed E-state index contributed by atoms with van der Waals surface area (Å²) in [5.74, 6) is -0.268. The van der Waals surface area contributed by atoms with Crippen molar-refractivity contribution in [3.8, 4) is 0 Å². The number of amides is 3. The molecule has 1 fully saturated rings. The molecule has 7 heteroatoms. The number of ether oxygens (including phenoxy) is 1. The smallest absolute Gasteiger partial charge is 0.321 e. The van der Waals surface area contributed by atoms with Crippen LogP contribution < -0.4 is 21.3 Å². The van der Waals surface area contributed by atoms with Crippen LogP contribution in [0.1, 0.15) is 6.42 Å². The van der Waals surface area contributed by atoms with E-state index in [1.807, 2.05) is 6.07 Å². The summed E-state index contributed by atoms with van der Waals surface area (Å²) in [4.78, 5) is 25.2. The molecule has 1 aromatic rings. The molecule has 3 amide bonds. The van der Waals surface area contributed by atoms with Crippen LogP contribution in [-0.2, 0) is 9.53 Å². The summed E-state index contributed by atoms with van der Waals surface area (Å²) in [5.41, 5.74) is 7.13. The summed E-state index contributed by atoms with van der Waals surface area (Å²) in [7, 11) is 1.56. The maximum atomic E-state index is 11.9. The van der Waals surface area contributed by atoms with E-state index in [2.05, 4.69) is 10.6 Å². The van der Waals surface area contributed by atoms with Crippen molar-refractivity contribution >= 4 is 23.3 Å². The highest BCUT2D eigenvalue weighted by molar-refractivity contribution is 5.97. The number of carbonyl (C=O) groups excluding carboxylic acids is 2. The number of nitrogens with one attached hydrogen (secondary N) is 2. The minimum absolute atomic E-state index is 0.129. The molecule has 0 aromatic heterocycles. The first-order valence-electron chi connectivity index (χ1n) is 6.82. The lowest BCUT2D eigenvalue weighted by Gasteiger charge is -2.16. The largest absolute Gasteiger partial charge is 0.385 e. The van der Waals surface area contributed by atoms with Gasteiger partial charge in [0.25, 0.3) is 0 Å². The number of carbonyl (C=O) groups is 2. The molecule has 1 atom stereocenters. The topological polar surface area (TPSA) is 96.7 Å². The van der Waals surface area contributed by atoms with Crippen LogP contribution in [0, 0.1) is 0 Å².